The minimum Gasteiger partial charge on any atom is -0.366 e. The van der Waals surface area contributed by atoms with Gasteiger partial charge in [-0.1, -0.05) is 79.7 Å². The molecule has 4 N–H and O–H groups in total. The Bertz CT molecular complexity index is 1680. The van der Waals surface area contributed by atoms with Gasteiger partial charge < -0.3 is 21.3 Å². The SMILES string of the molecule is CCC1=C(C(N)=O)C(c2ccc(S(C)(=O)=O)cc2)C(C(=O)NCCCN2CCC(c3ccccc3)(c3ccccc3)CC2)=C(C)N1. The molecule has 3 aromatic rings. The highest BCUT2D eigenvalue weighted by molar-refractivity contribution is 7.90. The molecule has 0 spiro atoms. The molecule has 0 aromatic heterocycles. The van der Waals surface area contributed by atoms with E-state index in [0.717, 1.165) is 45.2 Å². The maximum absolute atomic E-state index is 13.7. The molecular weight excluding hydrogens is 596 g/mol. The molecule has 1 unspecified atom stereocenters. The Balaban J connectivity index is 1.25. The van der Waals surface area contributed by atoms with Crippen molar-refractivity contribution in [1.29, 1.82) is 0 Å². The number of likely N-dealkylation sites (tertiary alicyclic amines) is 1. The van der Waals surface area contributed by atoms with Crippen LogP contribution in [0.15, 0.2) is 112 Å². The number of piperidine rings is 1. The highest BCUT2D eigenvalue weighted by Crippen LogP contribution is 2.42. The number of primary amides is 1. The second-order valence-electron chi connectivity index (χ2n) is 12.3. The summed E-state index contributed by atoms with van der Waals surface area (Å²) >= 11 is 0. The van der Waals surface area contributed by atoms with Crippen molar-refractivity contribution in [3.8, 4) is 0 Å². The second-order valence-corrected chi connectivity index (χ2v) is 14.3. The molecular formula is C37H44N4O4S. The molecule has 0 bridgehead atoms. The van der Waals surface area contributed by atoms with Gasteiger partial charge in [0.2, 0.25) is 11.8 Å². The molecule has 8 nitrogen and oxygen atoms in total. The number of carbonyl (C=O) groups is 2. The number of hydrogen-bond acceptors (Lipinski definition) is 6. The molecule has 0 radical (unpaired) electrons. The number of sulfone groups is 1. The van der Waals surface area contributed by atoms with Gasteiger partial charge in [0.15, 0.2) is 9.84 Å². The molecule has 5 rings (SSSR count). The number of rotatable bonds is 11. The van der Waals surface area contributed by atoms with E-state index in [4.69, 9.17) is 5.73 Å². The summed E-state index contributed by atoms with van der Waals surface area (Å²) < 4.78 is 24.1. The van der Waals surface area contributed by atoms with E-state index >= 15 is 0 Å². The van der Waals surface area contributed by atoms with Crippen molar-refractivity contribution < 1.29 is 18.0 Å². The maximum Gasteiger partial charge on any atom is 0.249 e. The summed E-state index contributed by atoms with van der Waals surface area (Å²) in [5.41, 5.74) is 11.2. The number of nitrogens with one attached hydrogen (secondary N) is 2. The van der Waals surface area contributed by atoms with E-state index in [1.165, 1.54) is 23.3 Å². The Morgan fingerprint density at radius 3 is 1.98 bits per heavy atom. The Morgan fingerprint density at radius 1 is 0.913 bits per heavy atom. The molecule has 1 atom stereocenters. The lowest BCUT2D eigenvalue weighted by atomic mass is 9.68. The van der Waals surface area contributed by atoms with Crippen LogP contribution in [-0.4, -0.2) is 57.6 Å². The van der Waals surface area contributed by atoms with Crippen LogP contribution in [0.4, 0.5) is 0 Å². The zero-order valence-corrected chi connectivity index (χ0v) is 27.7. The quantitative estimate of drug-likeness (QED) is 0.259. The molecule has 1 fully saturated rings. The van der Waals surface area contributed by atoms with Crippen molar-refractivity contribution in [2.45, 2.75) is 55.8 Å². The van der Waals surface area contributed by atoms with Crippen LogP contribution in [0, 0.1) is 0 Å². The Labute approximate surface area is 272 Å². The summed E-state index contributed by atoms with van der Waals surface area (Å²) in [5, 5.41) is 6.32. The van der Waals surface area contributed by atoms with Crippen molar-refractivity contribution in [2.75, 3.05) is 32.4 Å². The van der Waals surface area contributed by atoms with Crippen molar-refractivity contribution in [3.05, 3.63) is 124 Å². The molecule has 2 aliphatic heterocycles. The average Bonchev–Trinajstić information content (AvgIpc) is 3.06. The van der Waals surface area contributed by atoms with Gasteiger partial charge in [-0.25, -0.2) is 8.42 Å². The zero-order chi connectivity index (χ0) is 32.9. The molecule has 2 aliphatic rings. The largest absolute Gasteiger partial charge is 0.366 e. The van der Waals surface area contributed by atoms with Gasteiger partial charge in [0.1, 0.15) is 0 Å². The number of hydrogen-bond donors (Lipinski definition) is 3. The first-order valence-corrected chi connectivity index (χ1v) is 17.9. The van der Waals surface area contributed by atoms with Gasteiger partial charge in [-0.3, -0.25) is 9.59 Å². The second kappa shape index (κ2) is 14.1. The molecule has 1 saturated heterocycles. The van der Waals surface area contributed by atoms with Crippen molar-refractivity contribution >= 4 is 21.7 Å². The number of amides is 2. The number of allylic oxidation sites excluding steroid dienone is 2. The number of carbonyl (C=O) groups excluding carboxylic acids is 2. The minimum atomic E-state index is -3.41. The first kappa shape index (κ1) is 33.2. The number of nitrogens with zero attached hydrogens (tertiary/aromatic N) is 1. The van der Waals surface area contributed by atoms with E-state index in [1.54, 1.807) is 12.1 Å². The zero-order valence-electron chi connectivity index (χ0n) is 26.9. The molecule has 242 valence electrons. The van der Waals surface area contributed by atoms with Gasteiger partial charge in [0, 0.05) is 46.7 Å². The molecule has 46 heavy (non-hydrogen) atoms. The van der Waals surface area contributed by atoms with Crippen LogP contribution in [0.25, 0.3) is 0 Å². The highest BCUT2D eigenvalue weighted by atomic mass is 32.2. The minimum absolute atomic E-state index is 0.0112. The van der Waals surface area contributed by atoms with Gasteiger partial charge >= 0.3 is 0 Å². The Hall–Kier alpha value is -4.21. The molecule has 2 amide bonds. The smallest absolute Gasteiger partial charge is 0.249 e. The molecule has 9 heteroatoms. The van der Waals surface area contributed by atoms with Gasteiger partial charge in [-0.05, 0) is 81.1 Å². The number of dihydropyridines is 1. The summed E-state index contributed by atoms with van der Waals surface area (Å²) in [7, 11) is -3.41. The van der Waals surface area contributed by atoms with Gasteiger partial charge in [-0.15, -0.1) is 0 Å². The van der Waals surface area contributed by atoms with E-state index in [0.29, 0.717) is 41.1 Å². The van der Waals surface area contributed by atoms with Gasteiger partial charge in [-0.2, -0.15) is 0 Å². The average molecular weight is 641 g/mol. The number of nitrogens with two attached hydrogens (primary N) is 1. The summed E-state index contributed by atoms with van der Waals surface area (Å²) in [6.07, 6.45) is 4.49. The predicted molar refractivity (Wildman–Crippen MR) is 182 cm³/mol. The van der Waals surface area contributed by atoms with Crippen LogP contribution in [0.2, 0.25) is 0 Å². The third kappa shape index (κ3) is 6.95. The highest BCUT2D eigenvalue weighted by Gasteiger charge is 2.38. The van der Waals surface area contributed by atoms with E-state index in [9.17, 15) is 18.0 Å². The first-order chi connectivity index (χ1) is 22.0. The van der Waals surface area contributed by atoms with Gasteiger partial charge in [0.25, 0.3) is 0 Å². The maximum atomic E-state index is 13.7. The fraction of sp³-hybridized carbons (Fsp3) is 0.351. The van der Waals surface area contributed by atoms with E-state index < -0.39 is 21.7 Å². The molecule has 3 aromatic carbocycles. The third-order valence-corrected chi connectivity index (χ3v) is 10.6. The van der Waals surface area contributed by atoms with Crippen LogP contribution >= 0.6 is 0 Å². The summed E-state index contributed by atoms with van der Waals surface area (Å²) in [6.45, 7) is 7.00. The predicted octanol–water partition coefficient (Wildman–Crippen LogP) is 4.79. The van der Waals surface area contributed by atoms with Crippen LogP contribution < -0.4 is 16.4 Å². The van der Waals surface area contributed by atoms with Gasteiger partial charge in [0.05, 0.1) is 4.90 Å². The lowest BCUT2D eigenvalue weighted by molar-refractivity contribution is -0.117. The van der Waals surface area contributed by atoms with Crippen molar-refractivity contribution in [3.63, 3.8) is 0 Å². The third-order valence-electron chi connectivity index (χ3n) is 9.45. The van der Waals surface area contributed by atoms with Crippen LogP contribution in [-0.2, 0) is 24.8 Å². The molecule has 0 saturated carbocycles. The fourth-order valence-corrected chi connectivity index (χ4v) is 7.66. The topological polar surface area (TPSA) is 122 Å². The van der Waals surface area contributed by atoms with E-state index in [-0.39, 0.29) is 16.2 Å². The summed E-state index contributed by atoms with van der Waals surface area (Å²) in [5.74, 6) is -1.61. The molecule has 0 aliphatic carbocycles. The Kier molecular flexibility index (Phi) is 10.1. The first-order valence-electron chi connectivity index (χ1n) is 16.0. The lowest BCUT2D eigenvalue weighted by Crippen LogP contribution is -2.44. The normalized spacial score (nSPS) is 18.6. The fourth-order valence-electron chi connectivity index (χ4n) is 7.02. The van der Waals surface area contributed by atoms with Crippen molar-refractivity contribution in [2.24, 2.45) is 5.73 Å². The number of benzene rings is 3. The molecule has 2 heterocycles. The van der Waals surface area contributed by atoms with Crippen LogP contribution in [0.3, 0.4) is 0 Å². The standard InChI is InChI=1S/C37H44N4O4S/c1-4-31-34(35(38)42)33(27-16-18-30(19-17-27)46(3,44)45)32(26(2)40-31)36(43)39-22-11-23-41-24-20-37(21-25-41,28-12-7-5-8-13-28)29-14-9-6-10-15-29/h5-10,12-19,33,40H,4,11,20-25H2,1-3H3,(H2,38,42)(H,39,43). The van der Waals surface area contributed by atoms with Crippen LogP contribution in [0.5, 0.6) is 0 Å². The Morgan fingerprint density at radius 2 is 1.48 bits per heavy atom. The van der Waals surface area contributed by atoms with Crippen LogP contribution in [0.1, 0.15) is 62.1 Å². The monoisotopic (exact) mass is 640 g/mol. The summed E-state index contributed by atoms with van der Waals surface area (Å²) in [4.78, 5) is 29.1. The summed E-state index contributed by atoms with van der Waals surface area (Å²) in [6, 6.07) is 27.9. The van der Waals surface area contributed by atoms with Crippen molar-refractivity contribution in [1.82, 2.24) is 15.5 Å². The van der Waals surface area contributed by atoms with E-state index in [2.05, 4.69) is 76.2 Å². The lowest BCUT2D eigenvalue weighted by Gasteiger charge is -2.43. The van der Waals surface area contributed by atoms with E-state index in [1.807, 2.05) is 13.8 Å².